The first-order valence-electron chi connectivity index (χ1n) is 24.4. The quantitative estimate of drug-likeness (QED) is 0.0234. The van der Waals surface area contributed by atoms with Crippen LogP contribution in [-0.4, -0.2) is 65.7 Å². The number of unbranched alkanes of at least 4 members (excludes halogenated alkanes) is 26. The maximum Gasteiger partial charge on any atom is 0.472 e. The molecule has 0 aromatic rings. The molecule has 0 rings (SSSR count). The zero-order valence-electron chi connectivity index (χ0n) is 38.4. The molecule has 0 heterocycles. The molecule has 0 saturated carbocycles. The molecule has 0 aliphatic rings. The maximum atomic E-state index is 12.4. The molecular formula is C49H91O10P. The molecule has 0 bridgehead atoms. The fraction of sp³-hybridized carbons (Fsp3) is 0.837. The van der Waals surface area contributed by atoms with Crippen molar-refractivity contribution in [2.75, 3.05) is 26.4 Å². The lowest BCUT2D eigenvalue weighted by Crippen LogP contribution is -2.28. The number of allylic oxidation sites excluding steroid dienone is 6. The van der Waals surface area contributed by atoms with Gasteiger partial charge in [0.2, 0.25) is 0 Å². The molecule has 0 aliphatic heterocycles. The van der Waals surface area contributed by atoms with Gasteiger partial charge in [0, 0.05) is 12.8 Å². The highest BCUT2D eigenvalue weighted by Gasteiger charge is 2.27. The molecule has 0 fully saturated rings. The third-order valence-electron chi connectivity index (χ3n) is 10.6. The van der Waals surface area contributed by atoms with Crippen molar-refractivity contribution in [3.63, 3.8) is 0 Å². The lowest BCUT2D eigenvalue weighted by Gasteiger charge is -2.20. The van der Waals surface area contributed by atoms with Crippen LogP contribution in [0.4, 0.5) is 0 Å². The van der Waals surface area contributed by atoms with Crippen LogP contribution in [0.2, 0.25) is 0 Å². The van der Waals surface area contributed by atoms with E-state index in [1.54, 1.807) is 0 Å². The molecule has 0 aliphatic carbocycles. The highest BCUT2D eigenvalue weighted by molar-refractivity contribution is 7.47. The summed E-state index contributed by atoms with van der Waals surface area (Å²) in [6, 6.07) is 0. The van der Waals surface area contributed by atoms with Gasteiger partial charge in [-0.3, -0.25) is 18.6 Å². The summed E-state index contributed by atoms with van der Waals surface area (Å²) in [6.45, 7) is 2.21. The molecule has 0 saturated heterocycles. The summed E-state index contributed by atoms with van der Waals surface area (Å²) in [5.74, 6) is -1.03. The van der Waals surface area contributed by atoms with Gasteiger partial charge in [-0.05, 0) is 70.6 Å². The van der Waals surface area contributed by atoms with Crippen LogP contribution >= 0.6 is 7.82 Å². The first-order valence-corrected chi connectivity index (χ1v) is 25.9. The minimum absolute atomic E-state index is 0.183. The maximum absolute atomic E-state index is 12.4. The fourth-order valence-corrected chi connectivity index (χ4v) is 7.57. The summed E-state index contributed by atoms with van der Waals surface area (Å²) in [5, 5.41) is 19.2. The highest BCUT2D eigenvalue weighted by atomic mass is 31.2. The molecule has 0 spiro atoms. The van der Waals surface area contributed by atoms with Gasteiger partial charge in [-0.1, -0.05) is 179 Å². The summed E-state index contributed by atoms with van der Waals surface area (Å²) in [5.41, 5.74) is 0. The van der Waals surface area contributed by atoms with E-state index in [0.29, 0.717) is 12.8 Å². The summed E-state index contributed by atoms with van der Waals surface area (Å²) >= 11 is 0. The highest BCUT2D eigenvalue weighted by Crippen LogP contribution is 2.43. The van der Waals surface area contributed by atoms with Crippen LogP contribution < -0.4 is 0 Å². The van der Waals surface area contributed by atoms with Crippen molar-refractivity contribution in [1.29, 1.82) is 0 Å². The molecule has 3 N–H and O–H groups in total. The number of esters is 2. The molecular weight excluding hydrogens is 780 g/mol. The van der Waals surface area contributed by atoms with E-state index >= 15 is 0 Å². The third kappa shape index (κ3) is 42.9. The fourth-order valence-electron chi connectivity index (χ4n) is 6.79. The molecule has 60 heavy (non-hydrogen) atoms. The molecule has 11 heteroatoms. The van der Waals surface area contributed by atoms with Crippen LogP contribution in [0.5, 0.6) is 0 Å². The van der Waals surface area contributed by atoms with Crippen molar-refractivity contribution in [2.24, 2.45) is 0 Å². The Bertz CT molecular complexity index is 1090. The molecule has 10 nitrogen and oxygen atoms in total. The Labute approximate surface area is 367 Å². The summed E-state index contributed by atoms with van der Waals surface area (Å²) in [7, 11) is -4.64. The molecule has 3 unspecified atom stereocenters. The molecule has 0 aromatic carbocycles. The van der Waals surface area contributed by atoms with Crippen LogP contribution in [0.1, 0.15) is 226 Å². The molecule has 0 amide bonds. The number of aliphatic hydroxyl groups is 2. The number of carbonyl (C=O) groups is 2. The van der Waals surface area contributed by atoms with E-state index < -0.39 is 58.4 Å². The van der Waals surface area contributed by atoms with E-state index in [0.717, 1.165) is 70.6 Å². The van der Waals surface area contributed by atoms with Gasteiger partial charge in [0.05, 0.1) is 26.4 Å². The standard InChI is InChI=1S/C49H91O10P/c1-3-5-7-9-11-13-15-17-19-21-22-23-24-25-27-29-31-33-35-37-39-41-49(53)59-47(43-51)45-57-60(54,55)56-44-46(42-50)58-48(52)40-38-36-34-32-30-28-26-20-18-16-14-12-10-8-6-4-2/h15,17,20-22,26,46-47,50-51H,3-14,16,18-19,23-25,27-45H2,1-2H3,(H,54,55)/b17-15-,22-21-,26-20-. The average Bonchev–Trinajstić information content (AvgIpc) is 3.24. The Morgan fingerprint density at radius 1 is 0.450 bits per heavy atom. The van der Waals surface area contributed by atoms with Crippen molar-refractivity contribution >= 4 is 19.8 Å². The summed E-state index contributed by atoms with van der Waals surface area (Å²) < 4.78 is 32.7. The minimum Gasteiger partial charge on any atom is -0.457 e. The van der Waals surface area contributed by atoms with Crippen LogP contribution in [0.25, 0.3) is 0 Å². The predicted octanol–water partition coefficient (Wildman–Crippen LogP) is 13.5. The number of rotatable bonds is 46. The van der Waals surface area contributed by atoms with Crippen LogP contribution in [0.15, 0.2) is 36.5 Å². The normalized spacial score (nSPS) is 14.0. The first kappa shape index (κ1) is 58.2. The Morgan fingerprint density at radius 2 is 0.733 bits per heavy atom. The van der Waals surface area contributed by atoms with Crippen molar-refractivity contribution in [3.8, 4) is 0 Å². The largest absolute Gasteiger partial charge is 0.472 e. The smallest absolute Gasteiger partial charge is 0.457 e. The van der Waals surface area contributed by atoms with Crippen molar-refractivity contribution < 1.29 is 47.8 Å². The topological polar surface area (TPSA) is 149 Å². The van der Waals surface area contributed by atoms with E-state index in [4.69, 9.17) is 18.5 Å². The molecule has 0 radical (unpaired) electrons. The number of phosphoric ester groups is 1. The lowest BCUT2D eigenvalue weighted by atomic mass is 10.1. The van der Waals surface area contributed by atoms with Gasteiger partial charge in [0.25, 0.3) is 0 Å². The van der Waals surface area contributed by atoms with Gasteiger partial charge in [0.15, 0.2) is 0 Å². The number of hydrogen-bond acceptors (Lipinski definition) is 9. The minimum atomic E-state index is -4.64. The van der Waals surface area contributed by atoms with Gasteiger partial charge in [-0.15, -0.1) is 0 Å². The molecule has 3 atom stereocenters. The van der Waals surface area contributed by atoms with E-state index in [2.05, 4.69) is 50.3 Å². The van der Waals surface area contributed by atoms with Crippen molar-refractivity contribution in [1.82, 2.24) is 0 Å². The average molecular weight is 871 g/mol. The second-order valence-electron chi connectivity index (χ2n) is 16.4. The zero-order valence-corrected chi connectivity index (χ0v) is 39.3. The second-order valence-corrected chi connectivity index (χ2v) is 17.9. The van der Waals surface area contributed by atoms with E-state index in [-0.39, 0.29) is 12.8 Å². The van der Waals surface area contributed by atoms with E-state index in [1.807, 2.05) is 0 Å². The van der Waals surface area contributed by atoms with Gasteiger partial charge in [-0.2, -0.15) is 0 Å². The Kier molecular flexibility index (Phi) is 43.9. The van der Waals surface area contributed by atoms with Crippen molar-refractivity contribution in [3.05, 3.63) is 36.5 Å². The zero-order chi connectivity index (χ0) is 44.0. The Balaban J connectivity index is 3.87. The Morgan fingerprint density at radius 3 is 1.05 bits per heavy atom. The van der Waals surface area contributed by atoms with Crippen LogP contribution in [0, 0.1) is 0 Å². The van der Waals surface area contributed by atoms with Crippen LogP contribution in [-0.2, 0) is 32.7 Å². The monoisotopic (exact) mass is 871 g/mol. The Hall–Kier alpha value is -1.81. The second kappa shape index (κ2) is 45.2. The molecule has 352 valence electrons. The van der Waals surface area contributed by atoms with E-state index in [1.165, 1.54) is 116 Å². The van der Waals surface area contributed by atoms with Gasteiger partial charge in [0.1, 0.15) is 12.2 Å². The molecule has 0 aromatic heterocycles. The van der Waals surface area contributed by atoms with Gasteiger partial charge in [-0.25, -0.2) is 4.57 Å². The SMILES string of the molecule is CCCCCCC/C=C\C/C=C\CCCCCCCCCCCC(=O)OC(CO)COP(=O)(O)OCC(CO)OC(=O)CCCCCCC/C=C\CCCCCCCCC. The van der Waals surface area contributed by atoms with Crippen LogP contribution in [0.3, 0.4) is 0 Å². The van der Waals surface area contributed by atoms with Crippen molar-refractivity contribution in [2.45, 2.75) is 238 Å². The van der Waals surface area contributed by atoms with E-state index in [9.17, 15) is 29.3 Å². The number of hydrogen-bond donors (Lipinski definition) is 3. The number of phosphoric acid groups is 1. The predicted molar refractivity (Wildman–Crippen MR) is 247 cm³/mol. The van der Waals surface area contributed by atoms with Gasteiger partial charge >= 0.3 is 19.8 Å². The third-order valence-corrected chi connectivity index (χ3v) is 11.5. The lowest BCUT2D eigenvalue weighted by molar-refractivity contribution is -0.153. The summed E-state index contributed by atoms with van der Waals surface area (Å²) in [6.07, 6.45) is 48.3. The van der Waals surface area contributed by atoms with Gasteiger partial charge < -0.3 is 24.6 Å². The first-order chi connectivity index (χ1) is 29.3. The number of carbonyl (C=O) groups excluding carboxylic acids is 2. The summed E-state index contributed by atoms with van der Waals surface area (Å²) in [4.78, 5) is 34.6. The number of aliphatic hydroxyl groups excluding tert-OH is 2. The number of ether oxygens (including phenoxy) is 2.